The number of rotatable bonds is 4. The predicted octanol–water partition coefficient (Wildman–Crippen LogP) is 2.76. The van der Waals surface area contributed by atoms with Crippen LogP contribution in [0.2, 0.25) is 0 Å². The zero-order chi connectivity index (χ0) is 15.9. The minimum Gasteiger partial charge on any atom is -0.460 e. The van der Waals surface area contributed by atoms with E-state index in [1.165, 1.54) is 0 Å². The first-order valence-electron chi connectivity index (χ1n) is 6.15. The summed E-state index contributed by atoms with van der Waals surface area (Å²) in [6.07, 6.45) is 0.606. The normalized spacial score (nSPS) is 22.8. The fourth-order valence-corrected chi connectivity index (χ4v) is 2.36. The third kappa shape index (κ3) is 2.52. The number of carbonyl (C=O) groups is 2. The van der Waals surface area contributed by atoms with Crippen LogP contribution in [0.5, 0.6) is 0 Å². The molecule has 1 fully saturated rings. The smallest absolute Gasteiger partial charge is 0.310 e. The van der Waals surface area contributed by atoms with Crippen molar-refractivity contribution in [3.05, 3.63) is 34.9 Å². The van der Waals surface area contributed by atoms with Gasteiger partial charge in [-0.25, -0.2) is 17.6 Å². The van der Waals surface area contributed by atoms with Crippen molar-refractivity contribution in [3.63, 3.8) is 0 Å². The highest BCUT2D eigenvalue weighted by Crippen LogP contribution is 2.57. The molecular weight excluding hydrogens is 292 g/mol. The summed E-state index contributed by atoms with van der Waals surface area (Å²) in [5, 5.41) is 0. The SMILES string of the molecule is CC1(C)[C@@H](C=O)[C@@H]1C(=O)OCc1c(F)c(F)cc(F)c1F. The van der Waals surface area contributed by atoms with Crippen LogP contribution in [0, 0.1) is 40.5 Å². The largest absolute Gasteiger partial charge is 0.460 e. The summed E-state index contributed by atoms with van der Waals surface area (Å²) < 4.78 is 57.4. The third-order valence-electron chi connectivity index (χ3n) is 3.87. The van der Waals surface area contributed by atoms with Gasteiger partial charge in [0.2, 0.25) is 0 Å². The number of carbonyl (C=O) groups excluding carboxylic acids is 2. The molecular formula is C14H12F4O3. The van der Waals surface area contributed by atoms with Gasteiger partial charge in [0.15, 0.2) is 23.3 Å². The lowest BCUT2D eigenvalue weighted by Crippen LogP contribution is -2.13. The minimum atomic E-state index is -1.61. The fourth-order valence-electron chi connectivity index (χ4n) is 2.36. The van der Waals surface area contributed by atoms with Crippen LogP contribution < -0.4 is 0 Å². The molecule has 1 aromatic carbocycles. The van der Waals surface area contributed by atoms with Crippen molar-refractivity contribution in [3.8, 4) is 0 Å². The summed E-state index contributed by atoms with van der Waals surface area (Å²) in [6, 6.07) is 0.0718. The Morgan fingerprint density at radius 3 is 2.19 bits per heavy atom. The van der Waals surface area contributed by atoms with Crippen LogP contribution in [-0.2, 0) is 20.9 Å². The van der Waals surface area contributed by atoms with Crippen LogP contribution >= 0.6 is 0 Å². The molecule has 0 bridgehead atoms. The Labute approximate surface area is 117 Å². The van der Waals surface area contributed by atoms with E-state index in [0.29, 0.717) is 6.29 Å². The van der Waals surface area contributed by atoms with Gasteiger partial charge < -0.3 is 9.53 Å². The molecule has 0 saturated heterocycles. The zero-order valence-corrected chi connectivity index (χ0v) is 11.3. The van der Waals surface area contributed by atoms with E-state index in [1.54, 1.807) is 13.8 Å². The van der Waals surface area contributed by atoms with Crippen molar-refractivity contribution in [2.75, 3.05) is 0 Å². The number of ether oxygens (including phenoxy) is 1. The molecule has 1 saturated carbocycles. The van der Waals surface area contributed by atoms with Crippen molar-refractivity contribution in [1.82, 2.24) is 0 Å². The molecule has 0 N–H and O–H groups in total. The molecule has 0 radical (unpaired) electrons. The van der Waals surface area contributed by atoms with Crippen LogP contribution in [-0.4, -0.2) is 12.3 Å². The van der Waals surface area contributed by atoms with Gasteiger partial charge in [0.05, 0.1) is 11.5 Å². The van der Waals surface area contributed by atoms with Gasteiger partial charge in [-0.05, 0) is 5.41 Å². The van der Waals surface area contributed by atoms with Crippen molar-refractivity contribution in [2.45, 2.75) is 20.5 Å². The van der Waals surface area contributed by atoms with E-state index in [-0.39, 0.29) is 6.07 Å². The Hall–Kier alpha value is -1.92. The topological polar surface area (TPSA) is 43.4 Å². The molecule has 0 heterocycles. The van der Waals surface area contributed by atoms with Crippen LogP contribution in [0.3, 0.4) is 0 Å². The Morgan fingerprint density at radius 2 is 1.76 bits per heavy atom. The van der Waals surface area contributed by atoms with Crippen molar-refractivity contribution in [1.29, 1.82) is 0 Å². The van der Waals surface area contributed by atoms with E-state index >= 15 is 0 Å². The molecule has 2 atom stereocenters. The van der Waals surface area contributed by atoms with Gasteiger partial charge >= 0.3 is 5.97 Å². The summed E-state index contributed by atoms with van der Waals surface area (Å²) in [5.41, 5.74) is -1.59. The van der Waals surface area contributed by atoms with Crippen LogP contribution in [0.4, 0.5) is 17.6 Å². The number of halogens is 4. The standard InChI is InChI=1S/C14H12F4O3/c1-14(2)7(4-19)10(14)13(20)21-5-6-11(17)8(15)3-9(16)12(6)18/h3-4,7,10H,5H2,1-2H3/t7-,10+/m0/s1. The summed E-state index contributed by atoms with van der Waals surface area (Å²) in [6.45, 7) is 2.39. The predicted molar refractivity (Wildman–Crippen MR) is 62.9 cm³/mol. The second kappa shape index (κ2) is 5.13. The lowest BCUT2D eigenvalue weighted by Gasteiger charge is -2.09. The highest BCUT2D eigenvalue weighted by atomic mass is 19.2. The first-order valence-corrected chi connectivity index (χ1v) is 6.15. The number of aldehydes is 1. The monoisotopic (exact) mass is 304 g/mol. The summed E-state index contributed by atoms with van der Waals surface area (Å²) in [7, 11) is 0. The number of benzene rings is 1. The van der Waals surface area contributed by atoms with Gasteiger partial charge in [-0.2, -0.15) is 0 Å². The van der Waals surface area contributed by atoms with Gasteiger partial charge in [-0.15, -0.1) is 0 Å². The van der Waals surface area contributed by atoms with Gasteiger partial charge in [0.25, 0.3) is 0 Å². The number of hydrogen-bond acceptors (Lipinski definition) is 3. The van der Waals surface area contributed by atoms with Gasteiger partial charge in [0, 0.05) is 12.0 Å². The van der Waals surface area contributed by atoms with E-state index in [9.17, 15) is 27.2 Å². The molecule has 1 aliphatic rings. The average Bonchev–Trinajstić information content (AvgIpc) is 2.98. The Morgan fingerprint density at radius 1 is 1.24 bits per heavy atom. The molecule has 114 valence electrons. The molecule has 7 heteroatoms. The minimum absolute atomic E-state index is 0.0718. The van der Waals surface area contributed by atoms with Crippen LogP contribution in [0.15, 0.2) is 6.07 Å². The second-order valence-corrected chi connectivity index (χ2v) is 5.52. The highest BCUT2D eigenvalue weighted by molar-refractivity contribution is 5.84. The van der Waals surface area contributed by atoms with E-state index < -0.39 is 58.7 Å². The van der Waals surface area contributed by atoms with Crippen molar-refractivity contribution in [2.24, 2.45) is 17.3 Å². The van der Waals surface area contributed by atoms with E-state index in [1.807, 2.05) is 0 Å². The van der Waals surface area contributed by atoms with Crippen LogP contribution in [0.1, 0.15) is 19.4 Å². The molecule has 1 aliphatic carbocycles. The van der Waals surface area contributed by atoms with E-state index in [4.69, 9.17) is 0 Å². The maximum absolute atomic E-state index is 13.4. The molecule has 0 spiro atoms. The summed E-state index contributed by atoms with van der Waals surface area (Å²) >= 11 is 0. The highest BCUT2D eigenvalue weighted by Gasteiger charge is 2.62. The maximum Gasteiger partial charge on any atom is 0.310 e. The molecule has 21 heavy (non-hydrogen) atoms. The number of hydrogen-bond donors (Lipinski definition) is 0. The summed E-state index contributed by atoms with van der Waals surface area (Å²) in [5.74, 6) is -8.45. The fraction of sp³-hybridized carbons (Fsp3) is 0.429. The molecule has 3 nitrogen and oxygen atoms in total. The van der Waals surface area contributed by atoms with Crippen LogP contribution in [0.25, 0.3) is 0 Å². The maximum atomic E-state index is 13.4. The molecule has 1 aromatic rings. The average molecular weight is 304 g/mol. The lowest BCUT2D eigenvalue weighted by molar-refractivity contribution is -0.148. The molecule has 2 rings (SSSR count). The van der Waals surface area contributed by atoms with E-state index in [2.05, 4.69) is 4.74 Å². The quantitative estimate of drug-likeness (QED) is 0.372. The first kappa shape index (κ1) is 15.5. The molecule has 0 aromatic heterocycles. The lowest BCUT2D eigenvalue weighted by atomic mass is 10.1. The van der Waals surface area contributed by atoms with Gasteiger partial charge in [-0.3, -0.25) is 4.79 Å². The van der Waals surface area contributed by atoms with Crippen molar-refractivity contribution < 1.29 is 31.9 Å². The molecule has 0 aliphatic heterocycles. The third-order valence-corrected chi connectivity index (χ3v) is 3.87. The van der Waals surface area contributed by atoms with Crippen molar-refractivity contribution >= 4 is 12.3 Å². The van der Waals surface area contributed by atoms with Gasteiger partial charge in [-0.1, -0.05) is 13.8 Å². The molecule has 0 unspecified atom stereocenters. The molecule has 0 amide bonds. The Bertz CT molecular complexity index is 586. The first-order chi connectivity index (χ1) is 9.71. The Kier molecular flexibility index (Phi) is 3.78. The second-order valence-electron chi connectivity index (χ2n) is 5.52. The van der Waals surface area contributed by atoms with Gasteiger partial charge in [0.1, 0.15) is 12.9 Å². The summed E-state index contributed by atoms with van der Waals surface area (Å²) in [4.78, 5) is 22.5. The number of esters is 1. The zero-order valence-electron chi connectivity index (χ0n) is 11.3. The van der Waals surface area contributed by atoms with E-state index in [0.717, 1.165) is 0 Å². The Balaban J connectivity index is 2.12.